The summed E-state index contributed by atoms with van der Waals surface area (Å²) in [5.41, 5.74) is 4.46. The average Bonchev–Trinajstić information content (AvgIpc) is 3.08. The van der Waals surface area contributed by atoms with E-state index in [1.165, 1.54) is 13.8 Å². The minimum Gasteiger partial charge on any atom is -0.508 e. The second kappa shape index (κ2) is 16.0. The number of hydrogen-bond acceptors (Lipinski definition) is 9. The van der Waals surface area contributed by atoms with Gasteiger partial charge in [0, 0.05) is 37.2 Å². The second-order valence-corrected chi connectivity index (χ2v) is 12.1. The zero-order chi connectivity index (χ0) is 34.2. The maximum Gasteiger partial charge on any atom is 0.303 e. The molecule has 48 heavy (non-hydrogen) atoms. The Morgan fingerprint density at radius 1 is 0.896 bits per heavy atom. The van der Waals surface area contributed by atoms with Crippen molar-refractivity contribution in [1.82, 2.24) is 4.90 Å². The van der Waals surface area contributed by atoms with Crippen LogP contribution in [-0.4, -0.2) is 64.4 Å². The van der Waals surface area contributed by atoms with Gasteiger partial charge in [-0.2, -0.15) is 0 Å². The molecule has 10 heteroatoms. The number of carbonyl (C=O) groups is 2. The molecule has 1 aliphatic heterocycles. The van der Waals surface area contributed by atoms with Crippen molar-refractivity contribution in [2.24, 2.45) is 0 Å². The molecule has 1 unspecified atom stereocenters. The van der Waals surface area contributed by atoms with Crippen LogP contribution in [0.5, 0.6) is 5.75 Å². The topological polar surface area (TPSA) is 138 Å². The third kappa shape index (κ3) is 8.85. The average molecular weight is 655 g/mol. The lowest BCUT2D eigenvalue weighted by molar-refractivity contribution is -0.263. The van der Waals surface area contributed by atoms with Crippen LogP contribution in [0.1, 0.15) is 66.1 Å². The van der Waals surface area contributed by atoms with E-state index in [0.29, 0.717) is 23.4 Å². The van der Waals surface area contributed by atoms with Crippen molar-refractivity contribution < 1.29 is 39.1 Å². The number of phenolic OH excluding ortho intramolecular Hbond substituents is 1. The van der Waals surface area contributed by atoms with Gasteiger partial charge in [0.15, 0.2) is 12.4 Å². The van der Waals surface area contributed by atoms with Crippen LogP contribution in [0.2, 0.25) is 0 Å². The molecule has 5 rings (SSSR count). The van der Waals surface area contributed by atoms with Crippen molar-refractivity contribution in [3.8, 4) is 5.75 Å². The number of phenols is 1. The number of rotatable bonds is 12. The predicted molar refractivity (Wildman–Crippen MR) is 180 cm³/mol. The molecule has 1 saturated heterocycles. The highest BCUT2D eigenvalue weighted by atomic mass is 16.7. The van der Waals surface area contributed by atoms with Crippen LogP contribution in [0.25, 0.3) is 0 Å². The van der Waals surface area contributed by atoms with Crippen molar-refractivity contribution in [3.63, 3.8) is 0 Å². The second-order valence-electron chi connectivity index (χ2n) is 12.1. The first kappa shape index (κ1) is 34.7. The maximum absolute atomic E-state index is 12.7. The Morgan fingerprint density at radius 2 is 1.60 bits per heavy atom. The molecule has 0 aliphatic carbocycles. The van der Waals surface area contributed by atoms with Crippen molar-refractivity contribution in [3.05, 3.63) is 131 Å². The molecule has 4 aromatic rings. The van der Waals surface area contributed by atoms with Crippen molar-refractivity contribution in [2.45, 2.75) is 57.1 Å². The molecule has 0 bridgehead atoms. The predicted octanol–water partition coefficient (Wildman–Crippen LogP) is 5.38. The largest absolute Gasteiger partial charge is 0.508 e. The summed E-state index contributed by atoms with van der Waals surface area (Å²) in [6.45, 7) is 3.39. The standard InChI is InChI=1S/C38H42N2O8/c1-24(46-25(2)42)37(45)39-31-13-7-12-30(19-31)38-47-34(22-40(3)21-33(44)29-11-8-14-32(43)20-29)35(27-9-5-4-6-10-27)36(48-38)28-17-15-26(23-41)16-18-28/h4-20,24,33-36,38,41,43-44H,21-23H2,1-3H3,(H,39,45)/t24-,33+,34+,35+,36-,38?/m0/s1. The highest BCUT2D eigenvalue weighted by Gasteiger charge is 2.42. The summed E-state index contributed by atoms with van der Waals surface area (Å²) in [7, 11) is 1.91. The molecule has 252 valence electrons. The quantitative estimate of drug-likeness (QED) is 0.148. The summed E-state index contributed by atoms with van der Waals surface area (Å²) in [5.74, 6) is -1.19. The number of hydrogen-bond donors (Lipinski definition) is 4. The number of nitrogens with zero attached hydrogens (tertiary/aromatic N) is 1. The lowest BCUT2D eigenvalue weighted by atomic mass is 9.83. The van der Waals surface area contributed by atoms with E-state index in [4.69, 9.17) is 14.2 Å². The molecule has 10 nitrogen and oxygen atoms in total. The molecule has 4 aromatic carbocycles. The fourth-order valence-electron chi connectivity index (χ4n) is 5.99. The number of aromatic hydroxyl groups is 1. The van der Waals surface area contributed by atoms with E-state index in [0.717, 1.165) is 16.7 Å². The van der Waals surface area contributed by atoms with Crippen LogP contribution in [0.4, 0.5) is 5.69 Å². The fourth-order valence-corrected chi connectivity index (χ4v) is 5.99. The van der Waals surface area contributed by atoms with Gasteiger partial charge in [0.25, 0.3) is 5.91 Å². The molecule has 1 fully saturated rings. The van der Waals surface area contributed by atoms with Crippen LogP contribution in [0, 0.1) is 0 Å². The normalized spacial score (nSPS) is 20.5. The van der Waals surface area contributed by atoms with Gasteiger partial charge >= 0.3 is 5.97 Å². The van der Waals surface area contributed by atoms with Gasteiger partial charge in [0.05, 0.1) is 24.9 Å². The van der Waals surface area contributed by atoms with Crippen LogP contribution < -0.4 is 5.32 Å². The Morgan fingerprint density at radius 3 is 2.29 bits per heavy atom. The lowest BCUT2D eigenvalue weighted by Gasteiger charge is -2.44. The zero-order valence-corrected chi connectivity index (χ0v) is 27.2. The van der Waals surface area contributed by atoms with Gasteiger partial charge in [-0.1, -0.05) is 78.9 Å². The number of anilines is 1. The Balaban J connectivity index is 1.47. The Bertz CT molecular complexity index is 1670. The first-order valence-electron chi connectivity index (χ1n) is 15.9. The molecule has 0 saturated carbocycles. The van der Waals surface area contributed by atoms with Crippen molar-refractivity contribution in [2.75, 3.05) is 25.5 Å². The van der Waals surface area contributed by atoms with Gasteiger partial charge in [0.2, 0.25) is 0 Å². The molecule has 0 spiro atoms. The van der Waals surface area contributed by atoms with Gasteiger partial charge in [0.1, 0.15) is 5.75 Å². The van der Waals surface area contributed by atoms with Gasteiger partial charge in [-0.25, -0.2) is 0 Å². The molecule has 1 amide bonds. The fraction of sp³-hybridized carbons (Fsp3) is 0.316. The minimum absolute atomic E-state index is 0.0802. The van der Waals surface area contributed by atoms with Crippen LogP contribution in [-0.2, 0) is 30.4 Å². The minimum atomic E-state index is -0.971. The molecule has 1 heterocycles. The van der Waals surface area contributed by atoms with Crippen molar-refractivity contribution in [1.29, 1.82) is 0 Å². The van der Waals surface area contributed by atoms with Gasteiger partial charge in [-0.15, -0.1) is 0 Å². The van der Waals surface area contributed by atoms with E-state index in [-0.39, 0.29) is 24.8 Å². The smallest absolute Gasteiger partial charge is 0.303 e. The van der Waals surface area contributed by atoms with Gasteiger partial charge in [-0.05, 0) is 60.5 Å². The Hall–Kier alpha value is -4.58. The molecule has 4 N–H and O–H groups in total. The Kier molecular flexibility index (Phi) is 11.6. The van der Waals surface area contributed by atoms with E-state index >= 15 is 0 Å². The van der Waals surface area contributed by atoms with Gasteiger partial charge in [-0.3, -0.25) is 9.59 Å². The molecule has 0 radical (unpaired) electrons. The summed E-state index contributed by atoms with van der Waals surface area (Å²) >= 11 is 0. The maximum atomic E-state index is 12.7. The number of benzene rings is 4. The van der Waals surface area contributed by atoms with E-state index in [1.54, 1.807) is 42.5 Å². The summed E-state index contributed by atoms with van der Waals surface area (Å²) in [6, 6.07) is 31.4. The molecule has 0 aromatic heterocycles. The number of esters is 1. The van der Waals surface area contributed by atoms with E-state index in [9.17, 15) is 24.9 Å². The number of ether oxygens (including phenoxy) is 3. The van der Waals surface area contributed by atoms with E-state index in [1.807, 2.05) is 72.6 Å². The molecular formula is C38H42N2O8. The summed E-state index contributed by atoms with van der Waals surface area (Å²) < 4.78 is 18.6. The van der Waals surface area contributed by atoms with E-state index in [2.05, 4.69) is 5.32 Å². The SMILES string of the molecule is CC(=O)O[C@@H](C)C(=O)Nc1cccc(C2O[C@H](CN(C)C[C@@H](O)c3cccc(O)c3)[C@@H](c3ccccc3)[C@H](c3ccc(CO)cc3)O2)c1. The summed E-state index contributed by atoms with van der Waals surface area (Å²) in [4.78, 5) is 26.1. The van der Waals surface area contributed by atoms with Crippen LogP contribution in [0.3, 0.4) is 0 Å². The molecule has 1 aliphatic rings. The third-order valence-electron chi connectivity index (χ3n) is 8.34. The lowest BCUT2D eigenvalue weighted by Crippen LogP contribution is -2.44. The van der Waals surface area contributed by atoms with Crippen LogP contribution >= 0.6 is 0 Å². The Labute approximate surface area is 280 Å². The number of likely N-dealkylation sites (N-methyl/N-ethyl adjacent to an activating group) is 1. The number of carbonyl (C=O) groups excluding carboxylic acids is 2. The number of aliphatic hydroxyl groups excluding tert-OH is 2. The van der Waals surface area contributed by atoms with Gasteiger partial charge < -0.3 is 39.7 Å². The first-order chi connectivity index (χ1) is 23.1. The van der Waals surface area contributed by atoms with Crippen LogP contribution in [0.15, 0.2) is 103 Å². The first-order valence-corrected chi connectivity index (χ1v) is 15.9. The van der Waals surface area contributed by atoms with Crippen molar-refractivity contribution >= 4 is 17.6 Å². The zero-order valence-electron chi connectivity index (χ0n) is 27.2. The monoisotopic (exact) mass is 654 g/mol. The highest BCUT2D eigenvalue weighted by molar-refractivity contribution is 5.95. The number of aliphatic hydroxyl groups is 2. The van der Waals surface area contributed by atoms with E-state index < -0.39 is 42.6 Å². The molecule has 6 atom stereocenters. The number of amides is 1. The highest BCUT2D eigenvalue weighted by Crippen LogP contribution is 2.47. The summed E-state index contributed by atoms with van der Waals surface area (Å²) in [6.07, 6.45) is -3.52. The molecular weight excluding hydrogens is 612 g/mol. The summed E-state index contributed by atoms with van der Waals surface area (Å²) in [5, 5.41) is 33.5. The number of nitrogens with one attached hydrogen (secondary N) is 1. The third-order valence-corrected chi connectivity index (χ3v) is 8.34.